The van der Waals surface area contributed by atoms with Crippen molar-refractivity contribution in [2.45, 2.75) is 5.75 Å². The van der Waals surface area contributed by atoms with Crippen LogP contribution in [0.3, 0.4) is 0 Å². The molecule has 22 heavy (non-hydrogen) atoms. The van der Waals surface area contributed by atoms with Crippen LogP contribution < -0.4 is 0 Å². The zero-order valence-corrected chi connectivity index (χ0v) is 12.0. The molecule has 0 aliphatic rings. The van der Waals surface area contributed by atoms with Crippen molar-refractivity contribution in [3.8, 4) is 22.7 Å². The van der Waals surface area contributed by atoms with Gasteiger partial charge < -0.3 is 4.42 Å². The third-order valence-electron chi connectivity index (χ3n) is 2.93. The Hall–Kier alpha value is -2.61. The monoisotopic (exact) mass is 319 g/mol. The maximum absolute atomic E-state index is 13.0. The summed E-state index contributed by atoms with van der Waals surface area (Å²) in [5, 5.41) is 7.81. The number of aromatic nitrogens is 3. The molecule has 2 heterocycles. The molecule has 0 bridgehead atoms. The molecule has 6 nitrogen and oxygen atoms in total. The average Bonchev–Trinajstić information content (AvgIpc) is 2.97. The van der Waals surface area contributed by atoms with Gasteiger partial charge in [0.05, 0.1) is 11.4 Å². The predicted molar refractivity (Wildman–Crippen MR) is 76.9 cm³/mol. The van der Waals surface area contributed by atoms with Gasteiger partial charge in [-0.15, -0.1) is 5.10 Å². The molecule has 0 saturated carbocycles. The maximum Gasteiger partial charge on any atom is 0.182 e. The number of rotatable bonds is 4. The highest BCUT2D eigenvalue weighted by molar-refractivity contribution is 7.71. The van der Waals surface area contributed by atoms with Crippen LogP contribution >= 0.6 is 0 Å². The highest BCUT2D eigenvalue weighted by Crippen LogP contribution is 2.29. The quantitative estimate of drug-likeness (QED) is 0.741. The average molecular weight is 319 g/mol. The van der Waals surface area contributed by atoms with Crippen LogP contribution in [0.4, 0.5) is 4.39 Å². The molecule has 0 spiro atoms. The Kier molecular flexibility index (Phi) is 3.92. The van der Waals surface area contributed by atoms with Gasteiger partial charge in [0.25, 0.3) is 0 Å². The number of hydrogen-bond acceptors (Lipinski definition) is 6. The van der Waals surface area contributed by atoms with Gasteiger partial charge in [0.1, 0.15) is 27.9 Å². The van der Waals surface area contributed by atoms with Crippen molar-refractivity contribution >= 4 is 10.7 Å². The van der Waals surface area contributed by atoms with Gasteiger partial charge in [-0.05, 0) is 36.4 Å². The molecule has 112 valence electrons. The summed E-state index contributed by atoms with van der Waals surface area (Å²) in [6.45, 7) is 0. The van der Waals surface area contributed by atoms with E-state index >= 15 is 0 Å². The van der Waals surface area contributed by atoms with Gasteiger partial charge >= 0.3 is 0 Å². The Morgan fingerprint density at radius 3 is 2.45 bits per heavy atom. The van der Waals surface area contributed by atoms with Crippen LogP contribution in [0.15, 0.2) is 47.2 Å². The zero-order chi connectivity index (χ0) is 15.5. The second-order valence-corrected chi connectivity index (χ2v) is 5.42. The first-order chi connectivity index (χ1) is 10.6. The van der Waals surface area contributed by atoms with E-state index in [0.717, 1.165) is 0 Å². The van der Waals surface area contributed by atoms with E-state index in [-0.39, 0.29) is 11.6 Å². The summed E-state index contributed by atoms with van der Waals surface area (Å²) in [5.74, 6) is -0.0654. The smallest absolute Gasteiger partial charge is 0.182 e. The second-order valence-electron chi connectivity index (χ2n) is 4.44. The fraction of sp³-hybridized carbons (Fsp3) is 0.0714. The maximum atomic E-state index is 13.0. The first kappa shape index (κ1) is 14.3. The molecule has 3 rings (SSSR count). The van der Waals surface area contributed by atoms with E-state index in [1.165, 1.54) is 18.5 Å². The Labute approximate surface area is 126 Å². The minimum absolute atomic E-state index is 0.160. The van der Waals surface area contributed by atoms with Crippen molar-refractivity contribution in [2.24, 2.45) is 0 Å². The molecule has 8 heteroatoms. The summed E-state index contributed by atoms with van der Waals surface area (Å²) in [7, 11) is -2.55. The van der Waals surface area contributed by atoms with E-state index in [4.69, 9.17) is 4.42 Å². The van der Waals surface area contributed by atoms with Crippen molar-refractivity contribution in [1.82, 2.24) is 15.2 Å². The van der Waals surface area contributed by atoms with Crippen molar-refractivity contribution in [3.05, 3.63) is 54.3 Å². The predicted octanol–water partition coefficient (Wildman–Crippen LogP) is 2.05. The molecule has 0 amide bonds. The fourth-order valence-corrected chi connectivity index (χ4v) is 2.37. The van der Waals surface area contributed by atoms with Crippen LogP contribution in [0.1, 0.15) is 5.69 Å². The summed E-state index contributed by atoms with van der Waals surface area (Å²) in [4.78, 5) is 4.09. The standard InChI is InChI=1S/C14H10FN3O3S/c15-10-3-1-9(2-4-10)14-13(16-8-21-14)12-6-5-11(17-18-12)7-22(19)20/h1-6,8,22H,7H2. The van der Waals surface area contributed by atoms with Crippen molar-refractivity contribution in [3.63, 3.8) is 0 Å². The van der Waals surface area contributed by atoms with Gasteiger partial charge in [-0.25, -0.2) is 17.8 Å². The van der Waals surface area contributed by atoms with E-state index in [0.29, 0.717) is 28.4 Å². The first-order valence-corrected chi connectivity index (χ1v) is 7.64. The summed E-state index contributed by atoms with van der Waals surface area (Å²) in [6, 6.07) is 8.97. The molecule has 0 N–H and O–H groups in total. The fourth-order valence-electron chi connectivity index (χ4n) is 1.94. The number of hydrogen-bond donors (Lipinski definition) is 1. The van der Waals surface area contributed by atoms with Gasteiger partial charge in [0, 0.05) is 5.56 Å². The van der Waals surface area contributed by atoms with Gasteiger partial charge in [0.2, 0.25) is 0 Å². The molecule has 0 radical (unpaired) electrons. The minimum Gasteiger partial charge on any atom is -0.443 e. The minimum atomic E-state index is -2.55. The number of benzene rings is 1. The van der Waals surface area contributed by atoms with Crippen molar-refractivity contribution < 1.29 is 17.2 Å². The molecule has 0 aliphatic carbocycles. The van der Waals surface area contributed by atoms with E-state index in [1.54, 1.807) is 24.3 Å². The van der Waals surface area contributed by atoms with Crippen LogP contribution in [0.25, 0.3) is 22.7 Å². The SMILES string of the molecule is O=[SH](=O)Cc1ccc(-c2ncoc2-c2ccc(F)cc2)nn1. The molecular weight excluding hydrogens is 309 g/mol. The third-order valence-corrected chi connectivity index (χ3v) is 3.51. The van der Waals surface area contributed by atoms with Crippen LogP contribution in [0.5, 0.6) is 0 Å². The topological polar surface area (TPSA) is 86.0 Å². The van der Waals surface area contributed by atoms with Crippen molar-refractivity contribution in [2.75, 3.05) is 0 Å². The molecular formula is C14H10FN3O3S. The lowest BCUT2D eigenvalue weighted by atomic mass is 10.1. The van der Waals surface area contributed by atoms with Crippen molar-refractivity contribution in [1.29, 1.82) is 0 Å². The molecule has 0 atom stereocenters. The molecule has 3 aromatic rings. The highest BCUT2D eigenvalue weighted by atomic mass is 32.2. The van der Waals surface area contributed by atoms with Crippen LogP contribution in [0.2, 0.25) is 0 Å². The Bertz CT molecular complexity index is 850. The Morgan fingerprint density at radius 2 is 1.82 bits per heavy atom. The van der Waals surface area contributed by atoms with Gasteiger partial charge in [-0.2, -0.15) is 5.10 Å². The number of halogens is 1. The number of thiol groups is 1. The van der Waals surface area contributed by atoms with Crippen LogP contribution in [0, 0.1) is 5.82 Å². The van der Waals surface area contributed by atoms with E-state index in [1.807, 2.05) is 0 Å². The lowest BCUT2D eigenvalue weighted by Crippen LogP contribution is -1.96. The number of oxazole rings is 1. The van der Waals surface area contributed by atoms with E-state index in [2.05, 4.69) is 15.2 Å². The van der Waals surface area contributed by atoms with Gasteiger partial charge in [0.15, 0.2) is 12.2 Å². The number of nitrogens with zero attached hydrogens (tertiary/aromatic N) is 3. The second kappa shape index (κ2) is 6.02. The first-order valence-electron chi connectivity index (χ1n) is 6.27. The summed E-state index contributed by atoms with van der Waals surface area (Å²) >= 11 is 0. The lowest BCUT2D eigenvalue weighted by Gasteiger charge is -2.01. The summed E-state index contributed by atoms with van der Waals surface area (Å²) < 4.78 is 39.6. The summed E-state index contributed by atoms with van der Waals surface area (Å²) in [5.41, 5.74) is 1.91. The molecule has 0 saturated heterocycles. The lowest BCUT2D eigenvalue weighted by molar-refractivity contribution is 0.571. The Morgan fingerprint density at radius 1 is 1.05 bits per heavy atom. The largest absolute Gasteiger partial charge is 0.443 e. The van der Waals surface area contributed by atoms with Gasteiger partial charge in [-0.3, -0.25) is 0 Å². The van der Waals surface area contributed by atoms with E-state index in [9.17, 15) is 12.8 Å². The molecule has 2 aromatic heterocycles. The zero-order valence-electron chi connectivity index (χ0n) is 11.1. The molecule has 0 aliphatic heterocycles. The molecule has 0 fully saturated rings. The van der Waals surface area contributed by atoms with E-state index < -0.39 is 10.7 Å². The molecule has 1 aromatic carbocycles. The van der Waals surface area contributed by atoms with Crippen LogP contribution in [-0.2, 0) is 16.5 Å². The highest BCUT2D eigenvalue weighted by Gasteiger charge is 2.14. The van der Waals surface area contributed by atoms with Crippen LogP contribution in [-0.4, -0.2) is 23.6 Å². The normalized spacial score (nSPS) is 11.0. The summed E-state index contributed by atoms with van der Waals surface area (Å²) in [6.07, 6.45) is 1.26. The van der Waals surface area contributed by atoms with Gasteiger partial charge in [-0.1, -0.05) is 0 Å². The third kappa shape index (κ3) is 3.01. The Balaban J connectivity index is 1.96. The molecule has 0 unspecified atom stereocenters.